The maximum absolute atomic E-state index is 11.0. The average molecular weight is 237 g/mol. The Hall–Kier alpha value is -1.69. The average Bonchev–Trinajstić information content (AvgIpc) is 2.90. The molecule has 2 heterocycles. The van der Waals surface area contributed by atoms with Crippen LogP contribution in [0, 0.1) is 0 Å². The highest BCUT2D eigenvalue weighted by Gasteiger charge is 2.19. The van der Waals surface area contributed by atoms with Crippen molar-refractivity contribution >= 4 is 11.8 Å². The SMILES string of the molecule is COC(=O)CNc1cc(C2CCCO2)ncn1. The Kier molecular flexibility index (Phi) is 3.87. The second kappa shape index (κ2) is 5.58. The van der Waals surface area contributed by atoms with E-state index in [-0.39, 0.29) is 18.6 Å². The van der Waals surface area contributed by atoms with Crippen LogP contribution in [0.25, 0.3) is 0 Å². The van der Waals surface area contributed by atoms with Crippen LogP contribution in [0.15, 0.2) is 12.4 Å². The number of aromatic nitrogens is 2. The van der Waals surface area contributed by atoms with E-state index in [1.54, 1.807) is 6.07 Å². The minimum atomic E-state index is -0.331. The van der Waals surface area contributed by atoms with Gasteiger partial charge in [-0.25, -0.2) is 9.97 Å². The molecule has 2 rings (SSSR count). The van der Waals surface area contributed by atoms with Crippen molar-refractivity contribution in [1.29, 1.82) is 0 Å². The van der Waals surface area contributed by atoms with Crippen molar-refractivity contribution in [2.45, 2.75) is 18.9 Å². The highest BCUT2D eigenvalue weighted by Crippen LogP contribution is 2.27. The summed E-state index contributed by atoms with van der Waals surface area (Å²) in [5.74, 6) is 0.276. The van der Waals surface area contributed by atoms with Crippen LogP contribution in [-0.2, 0) is 14.3 Å². The summed E-state index contributed by atoms with van der Waals surface area (Å²) >= 11 is 0. The quantitative estimate of drug-likeness (QED) is 0.785. The first kappa shape index (κ1) is 11.8. The van der Waals surface area contributed by atoms with Crippen LogP contribution in [-0.4, -0.2) is 36.2 Å². The molecule has 92 valence electrons. The van der Waals surface area contributed by atoms with Gasteiger partial charge in [-0.2, -0.15) is 0 Å². The third kappa shape index (κ3) is 3.13. The van der Waals surface area contributed by atoms with Crippen LogP contribution >= 0.6 is 0 Å². The van der Waals surface area contributed by atoms with Gasteiger partial charge in [-0.1, -0.05) is 0 Å². The second-order valence-corrected chi connectivity index (χ2v) is 3.76. The number of anilines is 1. The Morgan fingerprint density at radius 1 is 1.65 bits per heavy atom. The van der Waals surface area contributed by atoms with E-state index >= 15 is 0 Å². The molecule has 1 aliphatic rings. The maximum Gasteiger partial charge on any atom is 0.325 e. The van der Waals surface area contributed by atoms with Gasteiger partial charge in [0, 0.05) is 12.7 Å². The molecule has 1 saturated heterocycles. The van der Waals surface area contributed by atoms with Crippen LogP contribution in [0.1, 0.15) is 24.6 Å². The van der Waals surface area contributed by atoms with E-state index in [1.165, 1.54) is 13.4 Å². The van der Waals surface area contributed by atoms with E-state index in [0.717, 1.165) is 25.1 Å². The van der Waals surface area contributed by atoms with E-state index in [1.807, 2.05) is 0 Å². The summed E-state index contributed by atoms with van der Waals surface area (Å²) in [4.78, 5) is 19.2. The van der Waals surface area contributed by atoms with E-state index in [4.69, 9.17) is 4.74 Å². The van der Waals surface area contributed by atoms with Crippen molar-refractivity contribution in [3.05, 3.63) is 18.1 Å². The third-order valence-electron chi connectivity index (χ3n) is 2.59. The zero-order valence-corrected chi connectivity index (χ0v) is 9.68. The summed E-state index contributed by atoms with van der Waals surface area (Å²) in [6, 6.07) is 1.80. The summed E-state index contributed by atoms with van der Waals surface area (Å²) < 4.78 is 10.1. The number of nitrogens with zero attached hydrogens (tertiary/aromatic N) is 2. The first-order valence-corrected chi connectivity index (χ1v) is 5.54. The molecule has 1 aromatic heterocycles. The van der Waals surface area contributed by atoms with Gasteiger partial charge >= 0.3 is 5.97 Å². The highest BCUT2D eigenvalue weighted by atomic mass is 16.5. The number of hydrogen-bond donors (Lipinski definition) is 1. The predicted octanol–water partition coefficient (Wildman–Crippen LogP) is 0.913. The Morgan fingerprint density at radius 3 is 3.24 bits per heavy atom. The lowest BCUT2D eigenvalue weighted by Crippen LogP contribution is -2.16. The molecule has 1 unspecified atom stereocenters. The molecule has 1 aromatic rings. The molecular weight excluding hydrogens is 222 g/mol. The van der Waals surface area contributed by atoms with Gasteiger partial charge in [-0.3, -0.25) is 4.79 Å². The molecule has 6 heteroatoms. The van der Waals surface area contributed by atoms with Gasteiger partial charge in [0.25, 0.3) is 0 Å². The van der Waals surface area contributed by atoms with E-state index < -0.39 is 0 Å². The number of ether oxygens (including phenoxy) is 2. The lowest BCUT2D eigenvalue weighted by atomic mass is 10.2. The second-order valence-electron chi connectivity index (χ2n) is 3.76. The Labute approximate surface area is 99.4 Å². The van der Waals surface area contributed by atoms with Gasteiger partial charge in [0.2, 0.25) is 0 Å². The van der Waals surface area contributed by atoms with Gasteiger partial charge in [-0.15, -0.1) is 0 Å². The number of carbonyl (C=O) groups is 1. The zero-order chi connectivity index (χ0) is 12.1. The molecule has 0 radical (unpaired) electrons. The molecule has 0 spiro atoms. The fourth-order valence-electron chi connectivity index (χ4n) is 1.69. The lowest BCUT2D eigenvalue weighted by Gasteiger charge is -2.10. The van der Waals surface area contributed by atoms with Crippen molar-refractivity contribution in [2.75, 3.05) is 25.6 Å². The summed E-state index contributed by atoms with van der Waals surface area (Å²) in [5, 5.41) is 2.88. The van der Waals surface area contributed by atoms with Crippen molar-refractivity contribution in [2.24, 2.45) is 0 Å². The molecule has 0 aromatic carbocycles. The van der Waals surface area contributed by atoms with Crippen LogP contribution in [0.4, 0.5) is 5.82 Å². The zero-order valence-electron chi connectivity index (χ0n) is 9.68. The molecule has 1 atom stereocenters. The number of methoxy groups -OCH3 is 1. The monoisotopic (exact) mass is 237 g/mol. The van der Waals surface area contributed by atoms with Crippen molar-refractivity contribution < 1.29 is 14.3 Å². The van der Waals surface area contributed by atoms with Gasteiger partial charge in [0.15, 0.2) is 0 Å². The van der Waals surface area contributed by atoms with Crippen LogP contribution in [0.5, 0.6) is 0 Å². The first-order valence-electron chi connectivity index (χ1n) is 5.54. The molecule has 0 bridgehead atoms. The molecule has 1 aliphatic heterocycles. The molecule has 0 saturated carbocycles. The number of hydrogen-bond acceptors (Lipinski definition) is 6. The molecule has 6 nitrogen and oxygen atoms in total. The topological polar surface area (TPSA) is 73.3 Å². The van der Waals surface area contributed by atoms with Crippen LogP contribution in [0.3, 0.4) is 0 Å². The van der Waals surface area contributed by atoms with Crippen molar-refractivity contribution in [3.8, 4) is 0 Å². The summed E-state index contributed by atoms with van der Waals surface area (Å²) in [6.07, 6.45) is 3.56. The normalized spacial score (nSPS) is 19.0. The molecular formula is C11H15N3O3. The molecule has 1 fully saturated rings. The summed E-state index contributed by atoms with van der Waals surface area (Å²) in [6.45, 7) is 0.873. The molecule has 17 heavy (non-hydrogen) atoms. The molecule has 1 N–H and O–H groups in total. The minimum Gasteiger partial charge on any atom is -0.468 e. The molecule has 0 aliphatic carbocycles. The summed E-state index contributed by atoms with van der Waals surface area (Å²) in [7, 11) is 1.35. The molecule has 0 amide bonds. The van der Waals surface area contributed by atoms with Crippen LogP contribution < -0.4 is 5.32 Å². The number of nitrogens with one attached hydrogen (secondary N) is 1. The number of esters is 1. The predicted molar refractivity (Wildman–Crippen MR) is 60.5 cm³/mol. The Morgan fingerprint density at radius 2 is 2.53 bits per heavy atom. The minimum absolute atomic E-state index is 0.0525. The largest absolute Gasteiger partial charge is 0.468 e. The first-order chi connectivity index (χ1) is 8.29. The van der Waals surface area contributed by atoms with Gasteiger partial charge in [0.05, 0.1) is 18.9 Å². The standard InChI is InChI=1S/C11H15N3O3/c1-16-11(15)6-12-10-5-8(13-7-14-10)9-3-2-4-17-9/h5,7,9H,2-4,6H2,1H3,(H,12,13,14). The van der Waals surface area contributed by atoms with Crippen LogP contribution in [0.2, 0.25) is 0 Å². The fraction of sp³-hybridized carbons (Fsp3) is 0.545. The smallest absolute Gasteiger partial charge is 0.325 e. The van der Waals surface area contributed by atoms with E-state index in [0.29, 0.717) is 5.82 Å². The lowest BCUT2D eigenvalue weighted by molar-refractivity contribution is -0.138. The fourth-order valence-corrected chi connectivity index (χ4v) is 1.69. The Balaban J connectivity index is 1.98. The summed E-state index contributed by atoms with van der Waals surface area (Å²) in [5.41, 5.74) is 0.852. The van der Waals surface area contributed by atoms with E-state index in [2.05, 4.69) is 20.0 Å². The third-order valence-corrected chi connectivity index (χ3v) is 2.59. The highest BCUT2D eigenvalue weighted by molar-refractivity contribution is 5.74. The van der Waals surface area contributed by atoms with Crippen molar-refractivity contribution in [1.82, 2.24) is 9.97 Å². The van der Waals surface area contributed by atoms with Gasteiger partial charge in [0.1, 0.15) is 18.7 Å². The number of carbonyl (C=O) groups excluding carboxylic acids is 1. The van der Waals surface area contributed by atoms with Gasteiger partial charge in [-0.05, 0) is 12.8 Å². The van der Waals surface area contributed by atoms with E-state index in [9.17, 15) is 4.79 Å². The van der Waals surface area contributed by atoms with Crippen molar-refractivity contribution in [3.63, 3.8) is 0 Å². The maximum atomic E-state index is 11.0. The van der Waals surface area contributed by atoms with Gasteiger partial charge < -0.3 is 14.8 Å². The Bertz CT molecular complexity index is 391. The number of rotatable bonds is 4.